The van der Waals surface area contributed by atoms with Crippen LogP contribution < -0.4 is 10.1 Å². The number of carbonyl (C=O) groups is 1. The number of aryl methyl sites for hydroxylation is 1. The van der Waals surface area contributed by atoms with E-state index < -0.39 is 10.0 Å². The Balaban J connectivity index is 2.13. The first-order valence-corrected chi connectivity index (χ1v) is 10.6. The molecular weight excluding hydrogens is 352 g/mol. The van der Waals surface area contributed by atoms with Crippen molar-refractivity contribution in [2.75, 3.05) is 26.7 Å². The van der Waals surface area contributed by atoms with Gasteiger partial charge in [0.15, 0.2) is 0 Å². The van der Waals surface area contributed by atoms with E-state index in [1.165, 1.54) is 11.4 Å². The minimum Gasteiger partial charge on any atom is -0.495 e. The SMILES string of the molecule is COc1ccc(C)cc1S(=O)(=O)N1CCC[C@H](C(=O)NCCC(C)C)C1. The number of rotatable bonds is 7. The van der Waals surface area contributed by atoms with Crippen molar-refractivity contribution < 1.29 is 17.9 Å². The van der Waals surface area contributed by atoms with Gasteiger partial charge in [0.05, 0.1) is 13.0 Å². The number of nitrogens with zero attached hydrogens (tertiary/aromatic N) is 1. The highest BCUT2D eigenvalue weighted by molar-refractivity contribution is 7.89. The quantitative estimate of drug-likeness (QED) is 0.786. The summed E-state index contributed by atoms with van der Waals surface area (Å²) in [6.45, 7) is 7.33. The minimum atomic E-state index is -3.70. The van der Waals surface area contributed by atoms with Crippen molar-refractivity contribution in [3.63, 3.8) is 0 Å². The number of piperidine rings is 1. The number of methoxy groups -OCH3 is 1. The Morgan fingerprint density at radius 1 is 1.38 bits per heavy atom. The third-order valence-electron chi connectivity index (χ3n) is 4.71. The summed E-state index contributed by atoms with van der Waals surface area (Å²) in [6, 6.07) is 5.11. The molecule has 1 N–H and O–H groups in total. The van der Waals surface area contributed by atoms with Gasteiger partial charge in [0.25, 0.3) is 0 Å². The lowest BCUT2D eigenvalue weighted by molar-refractivity contribution is -0.126. The summed E-state index contributed by atoms with van der Waals surface area (Å²) >= 11 is 0. The molecule has 1 amide bonds. The Bertz CT molecular complexity index is 731. The minimum absolute atomic E-state index is 0.0539. The molecule has 1 aliphatic heterocycles. The first kappa shape index (κ1) is 20.7. The fourth-order valence-electron chi connectivity index (χ4n) is 3.13. The lowest BCUT2D eigenvalue weighted by Gasteiger charge is -2.31. The van der Waals surface area contributed by atoms with Crippen LogP contribution in [0.15, 0.2) is 23.1 Å². The van der Waals surface area contributed by atoms with Crippen LogP contribution in [0.1, 0.15) is 38.7 Å². The maximum Gasteiger partial charge on any atom is 0.246 e. The van der Waals surface area contributed by atoms with Gasteiger partial charge >= 0.3 is 0 Å². The molecule has 2 rings (SSSR count). The topological polar surface area (TPSA) is 75.7 Å². The number of nitrogens with one attached hydrogen (secondary N) is 1. The van der Waals surface area contributed by atoms with Crippen molar-refractivity contribution in [1.29, 1.82) is 0 Å². The Morgan fingerprint density at radius 2 is 2.12 bits per heavy atom. The second kappa shape index (κ2) is 8.86. The molecular formula is C19H30N2O4S. The third-order valence-corrected chi connectivity index (χ3v) is 6.60. The van der Waals surface area contributed by atoms with Crippen LogP contribution in [-0.4, -0.2) is 45.4 Å². The molecule has 1 aromatic carbocycles. The molecule has 26 heavy (non-hydrogen) atoms. The number of ether oxygens (including phenoxy) is 1. The summed E-state index contributed by atoms with van der Waals surface area (Å²) in [5, 5.41) is 2.94. The molecule has 1 fully saturated rings. The maximum atomic E-state index is 13.1. The fourth-order valence-corrected chi connectivity index (χ4v) is 4.89. The fraction of sp³-hybridized carbons (Fsp3) is 0.632. The first-order chi connectivity index (χ1) is 12.3. The normalized spacial score (nSPS) is 18.7. The lowest BCUT2D eigenvalue weighted by atomic mass is 9.98. The Morgan fingerprint density at radius 3 is 2.77 bits per heavy atom. The molecule has 0 aliphatic carbocycles. The molecule has 0 bridgehead atoms. The van der Waals surface area contributed by atoms with Gasteiger partial charge in [-0.3, -0.25) is 4.79 Å². The standard InChI is InChI=1S/C19H30N2O4S/c1-14(2)9-10-20-19(22)16-6-5-11-21(13-16)26(23,24)18-12-15(3)7-8-17(18)25-4/h7-8,12,14,16H,5-6,9-11,13H2,1-4H3,(H,20,22)/t16-/m0/s1. The van der Waals surface area contributed by atoms with E-state index in [9.17, 15) is 13.2 Å². The predicted molar refractivity (Wildman–Crippen MR) is 102 cm³/mol. The van der Waals surface area contributed by atoms with Gasteiger partial charge in [-0.05, 0) is 49.8 Å². The second-order valence-electron chi connectivity index (χ2n) is 7.33. The summed E-state index contributed by atoms with van der Waals surface area (Å²) in [7, 11) is -2.24. The number of hydrogen-bond donors (Lipinski definition) is 1. The Kier molecular flexibility index (Phi) is 7.06. The van der Waals surface area contributed by atoms with Crippen molar-refractivity contribution in [2.45, 2.75) is 44.9 Å². The van der Waals surface area contributed by atoms with Crippen molar-refractivity contribution in [3.8, 4) is 5.75 Å². The summed E-state index contributed by atoms with van der Waals surface area (Å²) in [6.07, 6.45) is 2.31. The second-order valence-corrected chi connectivity index (χ2v) is 9.24. The maximum absolute atomic E-state index is 13.1. The first-order valence-electron chi connectivity index (χ1n) is 9.18. The Labute approximate surface area is 157 Å². The van der Waals surface area contributed by atoms with Crippen LogP contribution >= 0.6 is 0 Å². The average Bonchev–Trinajstić information content (AvgIpc) is 2.61. The van der Waals surface area contributed by atoms with Crippen LogP contribution in [0.5, 0.6) is 5.75 Å². The molecule has 0 saturated carbocycles. The summed E-state index contributed by atoms with van der Waals surface area (Å²) in [5.41, 5.74) is 0.851. The zero-order valence-corrected chi connectivity index (χ0v) is 16.9. The highest BCUT2D eigenvalue weighted by Gasteiger charge is 2.34. The van der Waals surface area contributed by atoms with Gasteiger partial charge in [-0.15, -0.1) is 0 Å². The molecule has 1 aromatic rings. The monoisotopic (exact) mass is 382 g/mol. The molecule has 6 nitrogen and oxygen atoms in total. The number of benzene rings is 1. The van der Waals surface area contributed by atoms with E-state index in [1.807, 2.05) is 13.0 Å². The molecule has 1 atom stereocenters. The van der Waals surface area contributed by atoms with E-state index in [0.717, 1.165) is 12.0 Å². The van der Waals surface area contributed by atoms with Crippen LogP contribution in [0.4, 0.5) is 0 Å². The van der Waals surface area contributed by atoms with Gasteiger partial charge in [-0.2, -0.15) is 4.31 Å². The molecule has 0 radical (unpaired) electrons. The zero-order chi connectivity index (χ0) is 19.3. The van der Waals surface area contributed by atoms with E-state index in [0.29, 0.717) is 37.6 Å². The van der Waals surface area contributed by atoms with Gasteiger partial charge in [-0.1, -0.05) is 19.9 Å². The summed E-state index contributed by atoms with van der Waals surface area (Å²) in [5.74, 6) is 0.495. The van der Waals surface area contributed by atoms with Crippen LogP contribution in [-0.2, 0) is 14.8 Å². The van der Waals surface area contributed by atoms with Crippen LogP contribution in [0.3, 0.4) is 0 Å². The van der Waals surface area contributed by atoms with Crippen LogP contribution in [0.2, 0.25) is 0 Å². The van der Waals surface area contributed by atoms with Crippen molar-refractivity contribution in [1.82, 2.24) is 9.62 Å². The molecule has 0 unspecified atom stereocenters. The van der Waals surface area contributed by atoms with E-state index in [1.54, 1.807) is 12.1 Å². The van der Waals surface area contributed by atoms with E-state index in [2.05, 4.69) is 19.2 Å². The van der Waals surface area contributed by atoms with Crippen molar-refractivity contribution in [2.24, 2.45) is 11.8 Å². The molecule has 1 saturated heterocycles. The zero-order valence-electron chi connectivity index (χ0n) is 16.1. The number of amides is 1. The number of carbonyl (C=O) groups excluding carboxylic acids is 1. The van der Waals surface area contributed by atoms with E-state index in [4.69, 9.17) is 4.74 Å². The van der Waals surface area contributed by atoms with Gasteiger partial charge in [0.2, 0.25) is 15.9 Å². The summed E-state index contributed by atoms with van der Waals surface area (Å²) < 4.78 is 32.9. The third kappa shape index (κ3) is 4.98. The lowest BCUT2D eigenvalue weighted by Crippen LogP contribution is -2.45. The van der Waals surface area contributed by atoms with Crippen molar-refractivity contribution in [3.05, 3.63) is 23.8 Å². The number of sulfonamides is 1. The molecule has 1 aliphatic rings. The highest BCUT2D eigenvalue weighted by atomic mass is 32.2. The van der Waals surface area contributed by atoms with Crippen molar-refractivity contribution >= 4 is 15.9 Å². The van der Waals surface area contributed by atoms with Gasteiger partial charge < -0.3 is 10.1 Å². The molecule has 1 heterocycles. The summed E-state index contributed by atoms with van der Waals surface area (Å²) in [4.78, 5) is 12.6. The Hall–Kier alpha value is -1.60. The predicted octanol–water partition coefficient (Wildman–Crippen LogP) is 2.57. The number of hydrogen-bond acceptors (Lipinski definition) is 4. The van der Waals surface area contributed by atoms with Gasteiger partial charge in [0, 0.05) is 19.6 Å². The average molecular weight is 383 g/mol. The molecule has 146 valence electrons. The highest BCUT2D eigenvalue weighted by Crippen LogP contribution is 2.30. The molecule has 0 spiro atoms. The largest absolute Gasteiger partial charge is 0.495 e. The van der Waals surface area contributed by atoms with E-state index >= 15 is 0 Å². The smallest absolute Gasteiger partial charge is 0.246 e. The van der Waals surface area contributed by atoms with E-state index in [-0.39, 0.29) is 23.3 Å². The van der Waals surface area contributed by atoms with Gasteiger partial charge in [-0.25, -0.2) is 8.42 Å². The van der Waals surface area contributed by atoms with Crippen LogP contribution in [0.25, 0.3) is 0 Å². The molecule has 7 heteroatoms. The van der Waals surface area contributed by atoms with Crippen LogP contribution in [0, 0.1) is 18.8 Å². The molecule has 0 aromatic heterocycles. The van der Waals surface area contributed by atoms with Gasteiger partial charge in [0.1, 0.15) is 10.6 Å².